The van der Waals surface area contributed by atoms with Gasteiger partial charge < -0.3 is 15.9 Å². The third kappa shape index (κ3) is 12.2. The van der Waals surface area contributed by atoms with Crippen molar-refractivity contribution in [2.75, 3.05) is 12.3 Å². The molecule has 1 heterocycles. The van der Waals surface area contributed by atoms with Gasteiger partial charge in [0.15, 0.2) is 0 Å². The predicted molar refractivity (Wildman–Crippen MR) is 189 cm³/mol. The maximum Gasteiger partial charge on any atom is 0.303 e. The van der Waals surface area contributed by atoms with Crippen molar-refractivity contribution in [2.24, 2.45) is 35.3 Å². The van der Waals surface area contributed by atoms with Gasteiger partial charge in [-0.1, -0.05) is 120 Å². The molecule has 4 nitrogen and oxygen atoms in total. The minimum Gasteiger partial charge on any atom is -0.481 e. The highest BCUT2D eigenvalue weighted by Crippen LogP contribution is 2.39. The van der Waals surface area contributed by atoms with Crippen molar-refractivity contribution < 1.29 is 15.0 Å². The van der Waals surface area contributed by atoms with Crippen molar-refractivity contribution in [3.63, 3.8) is 0 Å². The molecule has 0 aromatic heterocycles. The Morgan fingerprint density at radius 1 is 0.864 bits per heavy atom. The summed E-state index contributed by atoms with van der Waals surface area (Å²) in [7, 11) is 3.96. The summed E-state index contributed by atoms with van der Waals surface area (Å²) < 4.78 is 0. The molecule has 2 aliphatic rings. The van der Waals surface area contributed by atoms with Gasteiger partial charge in [-0.25, -0.2) is 0 Å². The van der Waals surface area contributed by atoms with Crippen LogP contribution < -0.4 is 5.73 Å². The van der Waals surface area contributed by atoms with Gasteiger partial charge in [-0.3, -0.25) is 4.79 Å². The van der Waals surface area contributed by atoms with Crippen molar-refractivity contribution in [2.45, 2.75) is 102 Å². The lowest BCUT2D eigenvalue weighted by molar-refractivity contribution is -0.138. The first-order chi connectivity index (χ1) is 21.5. The van der Waals surface area contributed by atoms with Gasteiger partial charge in [0, 0.05) is 17.9 Å². The molecule has 0 unspecified atom stereocenters. The molecule has 4 N–H and O–H groups in total. The largest absolute Gasteiger partial charge is 0.481 e. The Labute approximate surface area is 274 Å². The van der Waals surface area contributed by atoms with Crippen molar-refractivity contribution in [3.05, 3.63) is 83.4 Å². The number of aliphatic hydroxyl groups is 1. The first-order valence-electron chi connectivity index (χ1n) is 17.1. The van der Waals surface area contributed by atoms with Crippen LogP contribution in [0.3, 0.4) is 0 Å². The van der Waals surface area contributed by atoms with Crippen LogP contribution in [-0.4, -0.2) is 34.6 Å². The van der Waals surface area contributed by atoms with E-state index in [1.165, 1.54) is 48.8 Å². The lowest BCUT2D eigenvalue weighted by atomic mass is 9.75. The normalized spacial score (nSPS) is 25.2. The minimum absolute atomic E-state index is 0.121. The smallest absolute Gasteiger partial charge is 0.303 e. The van der Waals surface area contributed by atoms with Gasteiger partial charge in [-0.15, -0.1) is 0 Å². The topological polar surface area (TPSA) is 83.5 Å². The van der Waals surface area contributed by atoms with Crippen molar-refractivity contribution in [1.82, 2.24) is 0 Å². The van der Waals surface area contributed by atoms with Crippen LogP contribution in [0.15, 0.2) is 66.7 Å². The lowest BCUT2D eigenvalue weighted by Crippen LogP contribution is -2.25. The Bertz CT molecular complexity index is 1120. The van der Waals surface area contributed by atoms with Crippen LogP contribution >= 0.6 is 21.6 Å². The number of aryl methyl sites for hydroxylation is 1. The molecule has 0 bridgehead atoms. The van der Waals surface area contributed by atoms with Crippen molar-refractivity contribution >= 4 is 27.6 Å². The summed E-state index contributed by atoms with van der Waals surface area (Å²) in [5.41, 5.74) is 10.3. The number of hydrogen-bond donors (Lipinski definition) is 3. The molecular formula is C38H55NO3S2. The lowest BCUT2D eigenvalue weighted by Gasteiger charge is -2.31. The summed E-state index contributed by atoms with van der Waals surface area (Å²) >= 11 is 0. The van der Waals surface area contributed by atoms with Crippen LogP contribution in [0.1, 0.15) is 93.7 Å². The summed E-state index contributed by atoms with van der Waals surface area (Å²) in [5, 5.41) is 20.8. The van der Waals surface area contributed by atoms with Gasteiger partial charge in [0.2, 0.25) is 0 Å². The van der Waals surface area contributed by atoms with Crippen LogP contribution in [-0.2, 0) is 23.4 Å². The fourth-order valence-corrected chi connectivity index (χ4v) is 10.2. The molecule has 0 spiro atoms. The molecule has 4 rings (SSSR count). The van der Waals surface area contributed by atoms with E-state index >= 15 is 0 Å². The first kappa shape index (κ1) is 35.1. The van der Waals surface area contributed by atoms with Crippen LogP contribution in [0.5, 0.6) is 0 Å². The summed E-state index contributed by atoms with van der Waals surface area (Å²) in [6.45, 7) is 0.592. The van der Waals surface area contributed by atoms with E-state index in [0.717, 1.165) is 62.9 Å². The molecule has 242 valence electrons. The molecular weight excluding hydrogens is 583 g/mol. The average Bonchev–Trinajstić information content (AvgIpc) is 3.03. The molecule has 0 amide bonds. The Balaban J connectivity index is 1.56. The van der Waals surface area contributed by atoms with Crippen LogP contribution in [0.2, 0.25) is 0 Å². The number of aliphatic carboxylic acids is 1. The van der Waals surface area contributed by atoms with E-state index in [2.05, 4.69) is 66.7 Å². The van der Waals surface area contributed by atoms with Gasteiger partial charge >= 0.3 is 5.97 Å². The van der Waals surface area contributed by atoms with E-state index < -0.39 is 5.97 Å². The van der Waals surface area contributed by atoms with Crippen molar-refractivity contribution in [1.29, 1.82) is 0 Å². The molecule has 1 aliphatic carbocycles. The van der Waals surface area contributed by atoms with Crippen molar-refractivity contribution in [3.8, 4) is 0 Å². The SMILES string of the molecule is NCC[C@@H]1CC[C@@H](C/C=C\[C@H](O)CC2CCCCC2)[C@H](Cc2ccccc2)CSSCc2ccccc2CC[C@@H]1CC(=O)O. The van der Waals surface area contributed by atoms with E-state index in [9.17, 15) is 15.0 Å². The highest BCUT2D eigenvalue weighted by Gasteiger charge is 2.28. The monoisotopic (exact) mass is 637 g/mol. The van der Waals surface area contributed by atoms with E-state index in [1.807, 2.05) is 21.6 Å². The second-order valence-electron chi connectivity index (χ2n) is 13.3. The zero-order valence-corrected chi connectivity index (χ0v) is 28.2. The van der Waals surface area contributed by atoms with E-state index in [4.69, 9.17) is 5.73 Å². The molecule has 44 heavy (non-hydrogen) atoms. The predicted octanol–water partition coefficient (Wildman–Crippen LogP) is 9.10. The Morgan fingerprint density at radius 2 is 1.59 bits per heavy atom. The van der Waals surface area contributed by atoms with Gasteiger partial charge in [-0.2, -0.15) is 0 Å². The highest BCUT2D eigenvalue weighted by molar-refractivity contribution is 8.76. The summed E-state index contributed by atoms with van der Waals surface area (Å²) in [6.07, 6.45) is 18.3. The first-order valence-corrected chi connectivity index (χ1v) is 19.6. The average molecular weight is 638 g/mol. The number of hydrogen-bond acceptors (Lipinski definition) is 5. The fourth-order valence-electron chi connectivity index (χ4n) is 7.59. The third-order valence-electron chi connectivity index (χ3n) is 10.1. The molecule has 1 saturated carbocycles. The van der Waals surface area contributed by atoms with Crippen LogP contribution in [0.25, 0.3) is 0 Å². The van der Waals surface area contributed by atoms with Crippen LogP contribution in [0.4, 0.5) is 0 Å². The number of carboxylic acids is 1. The number of carbonyl (C=O) groups is 1. The van der Waals surface area contributed by atoms with E-state index in [-0.39, 0.29) is 18.4 Å². The maximum atomic E-state index is 12.0. The third-order valence-corrected chi connectivity index (χ3v) is 12.6. The summed E-state index contributed by atoms with van der Waals surface area (Å²) in [4.78, 5) is 12.0. The second kappa shape index (κ2) is 19.7. The number of rotatable bonds is 11. The quantitative estimate of drug-likeness (QED) is 0.168. The zero-order valence-electron chi connectivity index (χ0n) is 26.5. The van der Waals surface area contributed by atoms with E-state index in [0.29, 0.717) is 30.2 Å². The second-order valence-corrected chi connectivity index (χ2v) is 15.8. The number of benzene rings is 2. The molecule has 2 aromatic carbocycles. The minimum atomic E-state index is -0.702. The zero-order chi connectivity index (χ0) is 31.0. The highest BCUT2D eigenvalue weighted by atomic mass is 33.1. The maximum absolute atomic E-state index is 12.0. The molecule has 0 saturated heterocycles. The Morgan fingerprint density at radius 3 is 2.34 bits per heavy atom. The van der Waals surface area contributed by atoms with E-state index in [1.54, 1.807) is 0 Å². The van der Waals surface area contributed by atoms with Gasteiger partial charge in [-0.05, 0) is 104 Å². The standard InChI is InChI=1S/C38H55NO3S2/c39-23-22-33-19-18-32(16-9-17-37(40)25-30-12-5-2-6-13-30)36(24-29-10-3-1-4-11-29)28-44-43-27-35-15-8-7-14-31(35)20-21-34(33)26-38(41)42/h1,3-4,7-11,14-15,17,30,32-34,36-37,40H,2,5-6,12-13,16,18-28,39H2,(H,41,42)/b17-9-/t32-,33+,34-,36-,37+/m1/s1. The molecule has 1 fully saturated rings. The molecule has 6 heteroatoms. The van der Waals surface area contributed by atoms with Crippen LogP contribution in [0, 0.1) is 29.6 Å². The fraction of sp³-hybridized carbons (Fsp3) is 0.605. The number of allylic oxidation sites excluding steroid dienone is 1. The molecule has 5 atom stereocenters. The van der Waals surface area contributed by atoms with Gasteiger partial charge in [0.1, 0.15) is 0 Å². The summed E-state index contributed by atoms with van der Waals surface area (Å²) in [6, 6.07) is 19.6. The van der Waals surface area contributed by atoms with Gasteiger partial charge in [0.25, 0.3) is 0 Å². The summed E-state index contributed by atoms with van der Waals surface area (Å²) in [5.74, 6) is 3.37. The molecule has 2 aromatic rings. The number of aliphatic hydroxyl groups excluding tert-OH is 1. The van der Waals surface area contributed by atoms with Gasteiger partial charge in [0.05, 0.1) is 6.10 Å². The Kier molecular flexibility index (Phi) is 15.7. The number of nitrogens with two attached hydrogens (primary N) is 1. The molecule has 0 radical (unpaired) electrons. The Hall–Kier alpha value is -1.73. The number of carboxylic acid groups (broad SMARTS) is 1. The molecule has 1 aliphatic heterocycles. The number of fused-ring (bicyclic) bond motifs is 1.